The van der Waals surface area contributed by atoms with E-state index >= 15 is 0 Å². The number of rotatable bonds is 5. The molecule has 1 saturated heterocycles. The maximum atomic E-state index is 13.3. The number of nitrogens with one attached hydrogen (secondary N) is 2. The zero-order valence-electron chi connectivity index (χ0n) is 17.2. The Labute approximate surface area is 177 Å². The number of aromatic nitrogens is 2. The number of morpholine rings is 1. The van der Waals surface area contributed by atoms with Gasteiger partial charge in [0.15, 0.2) is 0 Å². The number of anilines is 2. The molecule has 1 aromatic heterocycles. The van der Waals surface area contributed by atoms with Crippen molar-refractivity contribution in [3.05, 3.63) is 56.8 Å². The summed E-state index contributed by atoms with van der Waals surface area (Å²) in [5, 5.41) is 3.01. The van der Waals surface area contributed by atoms with Gasteiger partial charge >= 0.3 is 11.9 Å². The molecule has 2 heterocycles. The van der Waals surface area contributed by atoms with E-state index in [1.165, 1.54) is 13.0 Å². The fourth-order valence-corrected chi connectivity index (χ4v) is 3.53. The Hall–Kier alpha value is -3.21. The highest BCUT2D eigenvalue weighted by Gasteiger charge is 2.33. The summed E-state index contributed by atoms with van der Waals surface area (Å²) in [6.45, 7) is 5.35. The Kier molecular flexibility index (Phi) is 6.44. The molecule has 1 atom stereocenters. The van der Waals surface area contributed by atoms with Crippen molar-refractivity contribution in [1.29, 1.82) is 0 Å². The van der Waals surface area contributed by atoms with Gasteiger partial charge in [-0.2, -0.15) is 18.2 Å². The van der Waals surface area contributed by atoms with Crippen molar-refractivity contribution >= 4 is 17.7 Å². The van der Waals surface area contributed by atoms with Crippen molar-refractivity contribution in [2.45, 2.75) is 26.1 Å². The monoisotopic (exact) mass is 438 g/mol. The number of H-pyrrole nitrogens is 1. The summed E-state index contributed by atoms with van der Waals surface area (Å²) < 4.78 is 45.1. The standard InChI is InChI=1S/C20H25F3N6O2/c1-11-13(4-3-5-15(11)20(21,22)23)12(2)26-18-14(17(25)27-19(30)28-18)10-16(24)29-6-8-31-9-7-29/h3-5,10,12H,6-9,24H2,1-2H3,(H4,25,26,27,28,30)/b16-10+/t12-/m1/s1. The number of halogens is 3. The van der Waals surface area contributed by atoms with Crippen molar-refractivity contribution in [1.82, 2.24) is 14.9 Å². The second kappa shape index (κ2) is 8.88. The van der Waals surface area contributed by atoms with Gasteiger partial charge in [0.1, 0.15) is 11.6 Å². The minimum atomic E-state index is -4.47. The van der Waals surface area contributed by atoms with Crippen molar-refractivity contribution in [3.63, 3.8) is 0 Å². The van der Waals surface area contributed by atoms with Gasteiger partial charge in [-0.25, -0.2) is 4.79 Å². The summed E-state index contributed by atoms with van der Waals surface area (Å²) in [6.07, 6.45) is -2.88. The first kappa shape index (κ1) is 22.5. The van der Waals surface area contributed by atoms with E-state index in [2.05, 4.69) is 15.3 Å². The molecular formula is C20H25F3N6O2. The van der Waals surface area contributed by atoms with Crippen LogP contribution in [0.15, 0.2) is 28.8 Å². The summed E-state index contributed by atoms with van der Waals surface area (Å²) in [5.41, 5.74) is 11.7. The van der Waals surface area contributed by atoms with Crippen LogP contribution in [0.25, 0.3) is 6.08 Å². The zero-order valence-corrected chi connectivity index (χ0v) is 17.2. The number of alkyl halides is 3. The van der Waals surface area contributed by atoms with Crippen LogP contribution >= 0.6 is 0 Å². The molecule has 0 radical (unpaired) electrons. The van der Waals surface area contributed by atoms with E-state index in [0.717, 1.165) is 6.07 Å². The van der Waals surface area contributed by atoms with Crippen LogP contribution in [0.2, 0.25) is 0 Å². The highest BCUT2D eigenvalue weighted by molar-refractivity contribution is 5.73. The molecule has 0 unspecified atom stereocenters. The second-order valence-corrected chi connectivity index (χ2v) is 7.27. The van der Waals surface area contributed by atoms with Crippen LogP contribution in [0.4, 0.5) is 24.8 Å². The average molecular weight is 438 g/mol. The van der Waals surface area contributed by atoms with Crippen LogP contribution in [-0.4, -0.2) is 41.2 Å². The van der Waals surface area contributed by atoms with Gasteiger partial charge < -0.3 is 26.4 Å². The maximum absolute atomic E-state index is 13.3. The van der Waals surface area contributed by atoms with Crippen LogP contribution in [0.1, 0.15) is 35.2 Å². The van der Waals surface area contributed by atoms with Gasteiger partial charge in [-0.15, -0.1) is 0 Å². The van der Waals surface area contributed by atoms with Crippen LogP contribution < -0.4 is 22.5 Å². The van der Waals surface area contributed by atoms with E-state index in [1.807, 2.05) is 4.90 Å². The predicted molar refractivity (Wildman–Crippen MR) is 112 cm³/mol. The number of nitrogens with two attached hydrogens (primary N) is 2. The van der Waals surface area contributed by atoms with E-state index in [9.17, 15) is 18.0 Å². The lowest BCUT2D eigenvalue weighted by atomic mass is 9.97. The molecule has 3 rings (SSSR count). The third kappa shape index (κ3) is 5.10. The molecule has 0 saturated carbocycles. The van der Waals surface area contributed by atoms with Crippen molar-refractivity contribution in [3.8, 4) is 0 Å². The number of ether oxygens (including phenoxy) is 1. The molecule has 6 N–H and O–H groups in total. The Bertz CT molecular complexity index is 1030. The Balaban J connectivity index is 1.96. The third-order valence-corrected chi connectivity index (χ3v) is 5.17. The molecule has 2 aromatic rings. The SMILES string of the molecule is Cc1c([C@@H](C)Nc2nc(=O)[nH]c(N)c2/C=C(\N)N2CCOCC2)cccc1C(F)(F)F. The maximum Gasteiger partial charge on any atom is 0.416 e. The van der Waals surface area contributed by atoms with Crippen LogP contribution in [0.5, 0.6) is 0 Å². The Morgan fingerprint density at radius 1 is 1.35 bits per heavy atom. The zero-order chi connectivity index (χ0) is 22.8. The quantitative estimate of drug-likeness (QED) is 0.566. The lowest BCUT2D eigenvalue weighted by Crippen LogP contribution is -2.38. The topological polar surface area (TPSA) is 122 Å². The summed E-state index contributed by atoms with van der Waals surface area (Å²) in [4.78, 5) is 20.2. The van der Waals surface area contributed by atoms with Crippen LogP contribution in [-0.2, 0) is 10.9 Å². The van der Waals surface area contributed by atoms with E-state index in [-0.39, 0.29) is 17.2 Å². The molecule has 1 fully saturated rings. The fourth-order valence-electron chi connectivity index (χ4n) is 3.53. The first-order valence-electron chi connectivity index (χ1n) is 9.71. The average Bonchev–Trinajstić information content (AvgIpc) is 2.70. The molecule has 1 aliphatic heterocycles. The number of aromatic amines is 1. The van der Waals surface area contributed by atoms with Gasteiger partial charge in [-0.05, 0) is 37.1 Å². The van der Waals surface area contributed by atoms with Crippen molar-refractivity contribution in [2.24, 2.45) is 5.73 Å². The Morgan fingerprint density at radius 3 is 2.68 bits per heavy atom. The Morgan fingerprint density at radius 2 is 2.03 bits per heavy atom. The number of benzene rings is 1. The lowest BCUT2D eigenvalue weighted by molar-refractivity contribution is -0.138. The van der Waals surface area contributed by atoms with Crippen molar-refractivity contribution in [2.75, 3.05) is 37.4 Å². The smallest absolute Gasteiger partial charge is 0.385 e. The fraction of sp³-hybridized carbons (Fsp3) is 0.400. The van der Waals surface area contributed by atoms with Gasteiger partial charge in [0.05, 0.1) is 36.2 Å². The molecule has 168 valence electrons. The molecule has 0 bridgehead atoms. The van der Waals surface area contributed by atoms with Gasteiger partial charge in [0.25, 0.3) is 0 Å². The molecule has 0 amide bonds. The summed E-state index contributed by atoms with van der Waals surface area (Å²) in [6, 6.07) is 3.38. The van der Waals surface area contributed by atoms with Gasteiger partial charge in [-0.3, -0.25) is 4.98 Å². The predicted octanol–water partition coefficient (Wildman–Crippen LogP) is 2.44. The van der Waals surface area contributed by atoms with E-state index in [0.29, 0.717) is 43.3 Å². The normalized spacial score (nSPS) is 16.3. The van der Waals surface area contributed by atoms with Crippen molar-refractivity contribution < 1.29 is 17.9 Å². The highest BCUT2D eigenvalue weighted by Crippen LogP contribution is 2.35. The number of hydrogen-bond acceptors (Lipinski definition) is 7. The summed E-state index contributed by atoms with van der Waals surface area (Å²) in [5.74, 6) is 0.586. The minimum Gasteiger partial charge on any atom is -0.385 e. The molecular weight excluding hydrogens is 413 g/mol. The molecule has 8 nitrogen and oxygen atoms in total. The van der Waals surface area contributed by atoms with Crippen LogP contribution in [0.3, 0.4) is 0 Å². The minimum absolute atomic E-state index is 0.0478. The first-order valence-corrected chi connectivity index (χ1v) is 9.71. The first-order chi connectivity index (χ1) is 14.6. The van der Waals surface area contributed by atoms with Gasteiger partial charge in [-0.1, -0.05) is 12.1 Å². The third-order valence-electron chi connectivity index (χ3n) is 5.17. The second-order valence-electron chi connectivity index (χ2n) is 7.27. The molecule has 31 heavy (non-hydrogen) atoms. The van der Waals surface area contributed by atoms with Gasteiger partial charge in [0.2, 0.25) is 0 Å². The number of nitrogen functional groups attached to an aromatic ring is 1. The molecule has 11 heteroatoms. The number of hydrogen-bond donors (Lipinski definition) is 4. The number of nitrogens with zero attached hydrogens (tertiary/aromatic N) is 2. The molecule has 0 aliphatic carbocycles. The summed E-state index contributed by atoms with van der Waals surface area (Å²) in [7, 11) is 0. The van der Waals surface area contributed by atoms with Gasteiger partial charge in [0, 0.05) is 13.1 Å². The summed E-state index contributed by atoms with van der Waals surface area (Å²) >= 11 is 0. The largest absolute Gasteiger partial charge is 0.416 e. The van der Waals surface area contributed by atoms with E-state index < -0.39 is 23.5 Å². The van der Waals surface area contributed by atoms with Crippen LogP contribution in [0, 0.1) is 6.92 Å². The molecule has 1 aromatic carbocycles. The van der Waals surface area contributed by atoms with E-state index in [1.54, 1.807) is 19.1 Å². The van der Waals surface area contributed by atoms with E-state index in [4.69, 9.17) is 16.2 Å². The lowest BCUT2D eigenvalue weighted by Gasteiger charge is -2.29. The highest BCUT2D eigenvalue weighted by atomic mass is 19.4. The molecule has 0 spiro atoms. The molecule has 1 aliphatic rings.